The number of hydrogen-bond donors (Lipinski definition) is 0. The average Bonchev–Trinajstić information content (AvgIpc) is 3.02. The Morgan fingerprint density at radius 3 is 1.77 bits per heavy atom. The Balaban J connectivity index is 1.19. The van der Waals surface area contributed by atoms with Crippen LogP contribution in [0.25, 0.3) is 0 Å². The highest BCUT2D eigenvalue weighted by Gasteiger charge is 2.64. The molecule has 4 bridgehead atoms. The molecule has 6 aliphatic rings. The fraction of sp³-hybridized carbons (Fsp3) is 0.667. The maximum Gasteiger partial charge on any atom is 0.220 e. The molecule has 0 radical (unpaired) electrons. The molecule has 2 unspecified atom stereocenters. The predicted octanol–water partition coefficient (Wildman–Crippen LogP) is 6.01. The average molecular weight is 609 g/mol. The van der Waals surface area contributed by atoms with Gasteiger partial charge < -0.3 is 37.9 Å². The molecule has 0 aromatic heterocycles. The molecule has 0 amide bonds. The van der Waals surface area contributed by atoms with Crippen LogP contribution in [-0.4, -0.2) is 68.7 Å². The van der Waals surface area contributed by atoms with Crippen LogP contribution < -0.4 is 0 Å². The van der Waals surface area contributed by atoms with Crippen molar-refractivity contribution in [1.29, 1.82) is 0 Å². The molecule has 0 spiro atoms. The van der Waals surface area contributed by atoms with E-state index in [0.29, 0.717) is 19.8 Å². The quantitative estimate of drug-likeness (QED) is 0.307. The van der Waals surface area contributed by atoms with E-state index in [1.807, 2.05) is 50.2 Å². The van der Waals surface area contributed by atoms with E-state index in [1.165, 1.54) is 19.3 Å². The Bertz CT molecular complexity index is 1210. The third-order valence-corrected chi connectivity index (χ3v) is 10.9. The topological polar surface area (TPSA) is 73.8 Å². The Hall–Kier alpha value is -1.88. The third kappa shape index (κ3) is 5.89. The van der Waals surface area contributed by atoms with Crippen LogP contribution in [0.4, 0.5) is 0 Å². The van der Waals surface area contributed by atoms with E-state index >= 15 is 0 Å². The van der Waals surface area contributed by atoms with Crippen molar-refractivity contribution in [3.8, 4) is 0 Å². The SMILES string of the molecule is COC1(C)O[C@@H]2[C@H](OCc3ccccc3)[C@@H](OC34CC5CC(CC(C5)C3)C4)O[C@H](COCc3ccccc3)[C@H]2OC1(C)OC. The Morgan fingerprint density at radius 1 is 0.705 bits per heavy atom. The summed E-state index contributed by atoms with van der Waals surface area (Å²) in [5, 5.41) is 0. The van der Waals surface area contributed by atoms with E-state index in [2.05, 4.69) is 24.3 Å². The van der Waals surface area contributed by atoms with Crippen LogP contribution in [0.3, 0.4) is 0 Å². The maximum absolute atomic E-state index is 7.21. The van der Waals surface area contributed by atoms with Gasteiger partial charge in [-0.3, -0.25) is 0 Å². The molecule has 8 nitrogen and oxygen atoms in total. The highest BCUT2D eigenvalue weighted by molar-refractivity contribution is 5.15. The summed E-state index contributed by atoms with van der Waals surface area (Å²) in [5.74, 6) is -0.184. The van der Waals surface area contributed by atoms with Crippen molar-refractivity contribution in [3.05, 3.63) is 71.8 Å². The largest absolute Gasteiger partial charge is 0.374 e. The zero-order valence-corrected chi connectivity index (χ0v) is 26.5. The van der Waals surface area contributed by atoms with Gasteiger partial charge in [0, 0.05) is 14.2 Å². The van der Waals surface area contributed by atoms with Crippen molar-refractivity contribution in [2.75, 3.05) is 20.8 Å². The van der Waals surface area contributed by atoms with Gasteiger partial charge in [-0.15, -0.1) is 0 Å². The number of ether oxygens (including phenoxy) is 8. The lowest BCUT2D eigenvalue weighted by Gasteiger charge is -2.60. The van der Waals surface area contributed by atoms with Gasteiger partial charge in [0.05, 0.1) is 25.4 Å². The van der Waals surface area contributed by atoms with Crippen LogP contribution in [0, 0.1) is 17.8 Å². The van der Waals surface area contributed by atoms with Crippen molar-refractivity contribution in [2.45, 2.75) is 113 Å². The molecule has 8 rings (SSSR count). The zero-order valence-electron chi connectivity index (χ0n) is 26.5. The van der Waals surface area contributed by atoms with Crippen LogP contribution in [0.5, 0.6) is 0 Å². The second-order valence-electron chi connectivity index (χ2n) is 14.0. The molecular weight excluding hydrogens is 560 g/mol. The second-order valence-corrected chi connectivity index (χ2v) is 14.0. The lowest BCUT2D eigenvalue weighted by atomic mass is 9.54. The molecule has 4 saturated carbocycles. The zero-order chi connectivity index (χ0) is 30.4. The standard InChI is InChI=1S/C36H48O8/c1-34(37-3)35(2,38-4)43-31-30(42-34)29(23-39-21-24-11-7-5-8-12-24)41-33(32(31)40-22-25-13-9-6-10-14-25)44-36-18-26-15-27(19-36)17-28(16-26)20-36/h5-14,26-33H,15-23H2,1-4H3/t26?,27?,28?,29-,30-,31+,32+,33-,34?,35?,36?/m1/s1. The molecule has 0 N–H and O–H groups in total. The molecule has 7 atom stereocenters. The Labute approximate surface area is 261 Å². The van der Waals surface area contributed by atoms with Gasteiger partial charge in [0.15, 0.2) is 6.29 Å². The van der Waals surface area contributed by atoms with E-state index in [1.54, 1.807) is 14.2 Å². The third-order valence-electron chi connectivity index (χ3n) is 10.9. The molecule has 44 heavy (non-hydrogen) atoms. The monoisotopic (exact) mass is 608 g/mol. The molecule has 8 heteroatoms. The van der Waals surface area contributed by atoms with Crippen molar-refractivity contribution in [1.82, 2.24) is 0 Å². The number of methoxy groups -OCH3 is 2. The van der Waals surface area contributed by atoms with Gasteiger partial charge in [0.2, 0.25) is 11.6 Å². The number of fused-ring (bicyclic) bond motifs is 1. The van der Waals surface area contributed by atoms with Crippen LogP contribution in [0.2, 0.25) is 0 Å². The molecule has 6 fully saturated rings. The van der Waals surface area contributed by atoms with Gasteiger partial charge in [-0.05, 0) is 81.3 Å². The van der Waals surface area contributed by atoms with Crippen molar-refractivity contribution in [2.24, 2.45) is 17.8 Å². The van der Waals surface area contributed by atoms with Crippen LogP contribution in [-0.2, 0) is 51.1 Å². The van der Waals surface area contributed by atoms with Gasteiger partial charge in [0.25, 0.3) is 0 Å². The van der Waals surface area contributed by atoms with E-state index in [0.717, 1.165) is 48.1 Å². The number of rotatable bonds is 11. The van der Waals surface area contributed by atoms with Crippen molar-refractivity contribution >= 4 is 0 Å². The fourth-order valence-electron chi connectivity index (χ4n) is 8.82. The van der Waals surface area contributed by atoms with E-state index in [-0.39, 0.29) is 5.60 Å². The predicted molar refractivity (Wildman–Crippen MR) is 162 cm³/mol. The summed E-state index contributed by atoms with van der Waals surface area (Å²) in [6, 6.07) is 20.3. The first-order valence-electron chi connectivity index (χ1n) is 16.4. The molecule has 2 aromatic carbocycles. The molecule has 240 valence electrons. The van der Waals surface area contributed by atoms with E-state index in [9.17, 15) is 0 Å². The Kier molecular flexibility index (Phi) is 8.65. The van der Waals surface area contributed by atoms with Crippen molar-refractivity contribution in [3.63, 3.8) is 0 Å². The Morgan fingerprint density at radius 2 is 1.23 bits per heavy atom. The minimum Gasteiger partial charge on any atom is -0.374 e. The first-order valence-corrected chi connectivity index (χ1v) is 16.4. The molecule has 2 heterocycles. The first-order chi connectivity index (χ1) is 21.3. The lowest BCUT2D eigenvalue weighted by molar-refractivity contribution is -0.485. The number of benzene rings is 2. The normalized spacial score (nSPS) is 42.7. The lowest BCUT2D eigenvalue weighted by Crippen LogP contribution is -2.74. The minimum absolute atomic E-state index is 0.197. The summed E-state index contributed by atoms with van der Waals surface area (Å²) >= 11 is 0. The van der Waals surface area contributed by atoms with Crippen LogP contribution in [0.15, 0.2) is 60.7 Å². The molecule has 2 aromatic rings. The summed E-state index contributed by atoms with van der Waals surface area (Å²) < 4.78 is 52.6. The van der Waals surface area contributed by atoms with Gasteiger partial charge in [-0.25, -0.2) is 0 Å². The van der Waals surface area contributed by atoms with Crippen molar-refractivity contribution < 1.29 is 37.9 Å². The van der Waals surface area contributed by atoms with E-state index < -0.39 is 42.3 Å². The van der Waals surface area contributed by atoms with E-state index in [4.69, 9.17) is 37.9 Å². The fourth-order valence-corrected chi connectivity index (χ4v) is 8.82. The van der Waals surface area contributed by atoms with Gasteiger partial charge in [-0.1, -0.05) is 60.7 Å². The summed E-state index contributed by atoms with van der Waals surface area (Å²) in [6.07, 6.45) is 4.47. The second kappa shape index (κ2) is 12.4. The maximum atomic E-state index is 7.21. The van der Waals surface area contributed by atoms with Gasteiger partial charge in [0.1, 0.15) is 24.4 Å². The molecule has 2 saturated heterocycles. The summed E-state index contributed by atoms with van der Waals surface area (Å²) in [4.78, 5) is 0. The summed E-state index contributed by atoms with van der Waals surface area (Å²) in [5.41, 5.74) is 1.97. The van der Waals surface area contributed by atoms with Gasteiger partial charge >= 0.3 is 0 Å². The van der Waals surface area contributed by atoms with Crippen LogP contribution in [0.1, 0.15) is 63.5 Å². The molecular formula is C36H48O8. The molecule has 4 aliphatic carbocycles. The molecule has 2 aliphatic heterocycles. The highest BCUT2D eigenvalue weighted by Crippen LogP contribution is 2.58. The minimum atomic E-state index is -1.20. The van der Waals surface area contributed by atoms with Crippen LogP contribution >= 0.6 is 0 Å². The smallest absolute Gasteiger partial charge is 0.220 e. The highest BCUT2D eigenvalue weighted by atomic mass is 16.8. The first kappa shape index (κ1) is 30.8. The van der Waals surface area contributed by atoms with Gasteiger partial charge in [-0.2, -0.15) is 0 Å². The summed E-state index contributed by atoms with van der Waals surface area (Å²) in [6.45, 7) is 4.85. The number of hydrogen-bond acceptors (Lipinski definition) is 8. The summed E-state index contributed by atoms with van der Waals surface area (Å²) in [7, 11) is 3.22.